The summed E-state index contributed by atoms with van der Waals surface area (Å²) >= 11 is 0. The van der Waals surface area contributed by atoms with Gasteiger partial charge in [-0.3, -0.25) is 4.79 Å². The van der Waals surface area contributed by atoms with Gasteiger partial charge in [0.2, 0.25) is 5.91 Å². The fourth-order valence-electron chi connectivity index (χ4n) is 2.11. The summed E-state index contributed by atoms with van der Waals surface area (Å²) in [5.74, 6) is -0.0105. The Hall–Kier alpha value is -1.55. The van der Waals surface area contributed by atoms with Crippen molar-refractivity contribution in [2.24, 2.45) is 0 Å². The lowest BCUT2D eigenvalue weighted by Gasteiger charge is -2.23. The number of benzene rings is 1. The van der Waals surface area contributed by atoms with Crippen molar-refractivity contribution in [1.82, 2.24) is 5.32 Å². The van der Waals surface area contributed by atoms with Gasteiger partial charge < -0.3 is 15.5 Å². The average Bonchev–Trinajstić information content (AvgIpc) is 2.40. The van der Waals surface area contributed by atoms with Crippen LogP contribution >= 0.6 is 0 Å². The Morgan fingerprint density at radius 1 is 1.19 bits per heavy atom. The second-order valence-electron chi connectivity index (χ2n) is 6.32. The van der Waals surface area contributed by atoms with Gasteiger partial charge in [0.1, 0.15) is 0 Å². The Morgan fingerprint density at radius 2 is 1.81 bits per heavy atom. The molecule has 0 radical (unpaired) electrons. The van der Waals surface area contributed by atoms with Gasteiger partial charge in [-0.1, -0.05) is 0 Å². The number of hydrogen-bond acceptors (Lipinski definition) is 3. The molecule has 1 aromatic carbocycles. The van der Waals surface area contributed by atoms with Crippen LogP contribution in [0.2, 0.25) is 0 Å². The number of anilines is 2. The van der Waals surface area contributed by atoms with E-state index in [0.29, 0.717) is 6.54 Å². The minimum atomic E-state index is -0.0566. The Balaban J connectivity index is 2.70. The molecule has 2 N–H and O–H groups in total. The molecule has 0 aliphatic rings. The molecule has 0 spiro atoms. The third kappa shape index (κ3) is 5.76. The van der Waals surface area contributed by atoms with E-state index >= 15 is 0 Å². The molecule has 1 rings (SSSR count). The first-order valence-corrected chi connectivity index (χ1v) is 7.67. The predicted octanol–water partition coefficient (Wildman–Crippen LogP) is 3.17. The predicted molar refractivity (Wildman–Crippen MR) is 91.1 cm³/mol. The molecule has 0 aromatic heterocycles. The molecule has 4 nitrogen and oxygen atoms in total. The fourth-order valence-corrected chi connectivity index (χ4v) is 2.11. The lowest BCUT2D eigenvalue weighted by molar-refractivity contribution is -0.115. The number of aryl methyl sites for hydroxylation is 1. The van der Waals surface area contributed by atoms with Crippen LogP contribution in [-0.4, -0.2) is 31.1 Å². The van der Waals surface area contributed by atoms with Crippen molar-refractivity contribution in [3.05, 3.63) is 23.8 Å². The molecule has 118 valence electrons. The normalized spacial score (nSPS) is 11.3. The van der Waals surface area contributed by atoms with E-state index in [2.05, 4.69) is 41.5 Å². The second-order valence-corrected chi connectivity index (χ2v) is 6.32. The summed E-state index contributed by atoms with van der Waals surface area (Å²) in [7, 11) is 0. The zero-order chi connectivity index (χ0) is 16.0. The van der Waals surface area contributed by atoms with Gasteiger partial charge in [-0.05, 0) is 65.3 Å². The second kappa shape index (κ2) is 7.46. The summed E-state index contributed by atoms with van der Waals surface area (Å²) in [4.78, 5) is 14.2. The van der Waals surface area contributed by atoms with E-state index in [1.54, 1.807) is 0 Å². The summed E-state index contributed by atoms with van der Waals surface area (Å²) < 4.78 is 0. The lowest BCUT2D eigenvalue weighted by atomic mass is 10.1. The van der Waals surface area contributed by atoms with Gasteiger partial charge >= 0.3 is 0 Å². The highest BCUT2D eigenvalue weighted by Crippen LogP contribution is 2.22. The van der Waals surface area contributed by atoms with Crippen LogP contribution in [0.1, 0.15) is 40.2 Å². The van der Waals surface area contributed by atoms with Crippen LogP contribution < -0.4 is 15.5 Å². The van der Waals surface area contributed by atoms with Crippen LogP contribution in [0.4, 0.5) is 11.4 Å². The minimum absolute atomic E-state index is 0.0105. The smallest absolute Gasteiger partial charge is 0.238 e. The van der Waals surface area contributed by atoms with E-state index in [-0.39, 0.29) is 11.4 Å². The number of amides is 1. The first-order valence-electron chi connectivity index (χ1n) is 7.67. The first kappa shape index (κ1) is 17.5. The highest BCUT2D eigenvalue weighted by atomic mass is 16.1. The monoisotopic (exact) mass is 291 g/mol. The molecule has 21 heavy (non-hydrogen) atoms. The number of hydrogen-bond donors (Lipinski definition) is 2. The number of nitrogens with one attached hydrogen (secondary N) is 2. The zero-order valence-corrected chi connectivity index (χ0v) is 14.2. The van der Waals surface area contributed by atoms with Crippen molar-refractivity contribution in [3.8, 4) is 0 Å². The Kier molecular flexibility index (Phi) is 6.21. The molecule has 0 atom stereocenters. The number of rotatable bonds is 6. The largest absolute Gasteiger partial charge is 0.372 e. The third-order valence-electron chi connectivity index (χ3n) is 3.39. The van der Waals surface area contributed by atoms with Gasteiger partial charge in [-0.25, -0.2) is 0 Å². The standard InChI is InChI=1S/C17H29N3O/c1-7-20(8-2)14-9-10-15(13(3)11-14)19-16(21)12-18-17(4,5)6/h9-11,18H,7-8,12H2,1-6H3,(H,19,21). The SMILES string of the molecule is CCN(CC)c1ccc(NC(=O)CNC(C)(C)C)c(C)c1. The van der Waals surface area contributed by atoms with Crippen LogP contribution in [0.5, 0.6) is 0 Å². The maximum atomic E-state index is 12.0. The van der Waals surface area contributed by atoms with Crippen molar-refractivity contribution in [3.63, 3.8) is 0 Å². The first-order chi connectivity index (χ1) is 9.76. The Morgan fingerprint density at radius 3 is 2.29 bits per heavy atom. The maximum absolute atomic E-state index is 12.0. The van der Waals surface area contributed by atoms with Crippen LogP contribution in [0.25, 0.3) is 0 Å². The molecule has 0 bridgehead atoms. The number of nitrogens with zero attached hydrogens (tertiary/aromatic N) is 1. The Bertz CT molecular complexity index is 473. The van der Waals surface area contributed by atoms with Gasteiger partial charge in [0.05, 0.1) is 6.54 Å². The van der Waals surface area contributed by atoms with Crippen molar-refractivity contribution in [2.75, 3.05) is 29.9 Å². The van der Waals surface area contributed by atoms with Crippen LogP contribution in [0.3, 0.4) is 0 Å². The summed E-state index contributed by atoms with van der Waals surface area (Å²) in [6, 6.07) is 6.17. The molecule has 0 aliphatic heterocycles. The molecule has 0 saturated carbocycles. The van der Waals surface area contributed by atoms with E-state index in [1.807, 2.05) is 33.8 Å². The molecular weight excluding hydrogens is 262 g/mol. The van der Waals surface area contributed by atoms with Gasteiger partial charge in [-0.15, -0.1) is 0 Å². The fraction of sp³-hybridized carbons (Fsp3) is 0.588. The van der Waals surface area contributed by atoms with E-state index in [4.69, 9.17) is 0 Å². The highest BCUT2D eigenvalue weighted by Gasteiger charge is 2.12. The quantitative estimate of drug-likeness (QED) is 0.846. The average molecular weight is 291 g/mol. The summed E-state index contributed by atoms with van der Waals surface area (Å²) in [6.45, 7) is 14.7. The molecule has 0 unspecified atom stereocenters. The molecule has 0 aliphatic carbocycles. The number of carbonyl (C=O) groups is 1. The van der Waals surface area contributed by atoms with Crippen molar-refractivity contribution in [1.29, 1.82) is 0 Å². The Labute approximate surface area is 128 Å². The van der Waals surface area contributed by atoms with Gasteiger partial charge in [0, 0.05) is 30.0 Å². The summed E-state index contributed by atoms with van der Waals surface area (Å²) in [6.07, 6.45) is 0. The van der Waals surface area contributed by atoms with Gasteiger partial charge in [0.25, 0.3) is 0 Å². The molecule has 1 aromatic rings. The molecule has 0 saturated heterocycles. The molecular formula is C17H29N3O. The van der Waals surface area contributed by atoms with Crippen LogP contribution in [-0.2, 0) is 4.79 Å². The summed E-state index contributed by atoms with van der Waals surface area (Å²) in [5.41, 5.74) is 3.11. The maximum Gasteiger partial charge on any atom is 0.238 e. The van der Waals surface area contributed by atoms with Crippen molar-refractivity contribution >= 4 is 17.3 Å². The van der Waals surface area contributed by atoms with Gasteiger partial charge in [0.15, 0.2) is 0 Å². The lowest BCUT2D eigenvalue weighted by Crippen LogP contribution is -2.41. The molecule has 0 fully saturated rings. The summed E-state index contributed by atoms with van der Waals surface area (Å²) in [5, 5.41) is 6.15. The van der Waals surface area contributed by atoms with Crippen molar-refractivity contribution in [2.45, 2.75) is 47.1 Å². The van der Waals surface area contributed by atoms with Crippen LogP contribution in [0.15, 0.2) is 18.2 Å². The van der Waals surface area contributed by atoms with Crippen molar-refractivity contribution < 1.29 is 4.79 Å². The minimum Gasteiger partial charge on any atom is -0.372 e. The number of carbonyl (C=O) groups excluding carboxylic acids is 1. The van der Waals surface area contributed by atoms with E-state index < -0.39 is 0 Å². The molecule has 0 heterocycles. The third-order valence-corrected chi connectivity index (χ3v) is 3.39. The van der Waals surface area contributed by atoms with Gasteiger partial charge in [-0.2, -0.15) is 0 Å². The topological polar surface area (TPSA) is 44.4 Å². The zero-order valence-electron chi connectivity index (χ0n) is 14.2. The van der Waals surface area contributed by atoms with E-state index in [0.717, 1.165) is 24.3 Å². The molecule has 4 heteroatoms. The highest BCUT2D eigenvalue weighted by molar-refractivity contribution is 5.93. The molecule has 1 amide bonds. The van der Waals surface area contributed by atoms with E-state index in [9.17, 15) is 4.79 Å². The van der Waals surface area contributed by atoms with Crippen LogP contribution in [0, 0.1) is 6.92 Å². The van der Waals surface area contributed by atoms with E-state index in [1.165, 1.54) is 5.69 Å².